The molecule has 1 saturated heterocycles. The number of aromatic nitrogens is 1. The van der Waals surface area contributed by atoms with Crippen molar-refractivity contribution in [3.8, 4) is 5.75 Å². The van der Waals surface area contributed by atoms with Crippen LogP contribution in [0, 0.1) is 17.6 Å². The molecule has 0 saturated carbocycles. The van der Waals surface area contributed by atoms with Crippen molar-refractivity contribution in [2.24, 2.45) is 11.7 Å². The van der Waals surface area contributed by atoms with Crippen molar-refractivity contribution in [3.63, 3.8) is 0 Å². The van der Waals surface area contributed by atoms with Crippen LogP contribution in [0.1, 0.15) is 35.7 Å². The van der Waals surface area contributed by atoms with Crippen molar-refractivity contribution >= 4 is 17.5 Å². The van der Waals surface area contributed by atoms with Gasteiger partial charge in [0.05, 0.1) is 24.6 Å². The molecule has 0 unspecified atom stereocenters. The van der Waals surface area contributed by atoms with E-state index in [2.05, 4.69) is 10.3 Å². The second-order valence-corrected chi connectivity index (χ2v) is 7.76. The molecule has 12 heteroatoms. The molecule has 0 bridgehead atoms. The average Bonchev–Trinajstić information content (AvgIpc) is 3.02. The Balaban J connectivity index is 2.07. The molecular formula is C21H20F5N3O4. The number of carbonyl (C=O) groups is 2. The molecule has 0 spiro atoms. The number of ether oxygens (including phenoxy) is 2. The zero-order valence-corrected chi connectivity index (χ0v) is 17.7. The Labute approximate surface area is 185 Å². The second kappa shape index (κ2) is 8.58. The summed E-state index contributed by atoms with van der Waals surface area (Å²) >= 11 is 0. The Morgan fingerprint density at radius 3 is 2.48 bits per heavy atom. The van der Waals surface area contributed by atoms with Gasteiger partial charge in [0.1, 0.15) is 6.10 Å². The fraction of sp³-hybridized carbons (Fsp3) is 0.381. The Kier molecular flexibility index (Phi) is 6.33. The highest BCUT2D eigenvalue weighted by Crippen LogP contribution is 2.54. The number of rotatable bonds is 5. The fourth-order valence-electron chi connectivity index (χ4n) is 3.90. The Bertz CT molecular complexity index is 1090. The van der Waals surface area contributed by atoms with Crippen molar-refractivity contribution in [2.75, 3.05) is 12.4 Å². The second-order valence-electron chi connectivity index (χ2n) is 7.76. The summed E-state index contributed by atoms with van der Waals surface area (Å²) in [7, 11) is 1.03. The monoisotopic (exact) mass is 473 g/mol. The van der Waals surface area contributed by atoms with Crippen LogP contribution in [0.2, 0.25) is 0 Å². The topological polar surface area (TPSA) is 104 Å². The van der Waals surface area contributed by atoms with E-state index in [4.69, 9.17) is 15.2 Å². The first-order valence-corrected chi connectivity index (χ1v) is 9.64. The van der Waals surface area contributed by atoms with Gasteiger partial charge < -0.3 is 20.5 Å². The van der Waals surface area contributed by atoms with Gasteiger partial charge in [0.25, 0.3) is 5.91 Å². The van der Waals surface area contributed by atoms with Crippen LogP contribution in [-0.4, -0.2) is 41.8 Å². The lowest BCUT2D eigenvalue weighted by molar-refractivity contribution is -0.272. The summed E-state index contributed by atoms with van der Waals surface area (Å²) in [5.41, 5.74) is 2.15. The van der Waals surface area contributed by atoms with E-state index in [-0.39, 0.29) is 16.8 Å². The maximum Gasteiger partial charge on any atom is 0.417 e. The minimum Gasteiger partial charge on any atom is -0.493 e. The number of benzene rings is 1. The number of methoxy groups -OCH3 is 1. The van der Waals surface area contributed by atoms with Crippen LogP contribution >= 0.6 is 0 Å². The fourth-order valence-corrected chi connectivity index (χ4v) is 3.90. The van der Waals surface area contributed by atoms with Crippen LogP contribution in [0.3, 0.4) is 0 Å². The number of hydrogen-bond donors (Lipinski definition) is 2. The lowest BCUT2D eigenvalue weighted by Crippen LogP contribution is -2.47. The smallest absolute Gasteiger partial charge is 0.417 e. The molecule has 2 amide bonds. The number of nitrogens with two attached hydrogens (primary N) is 1. The Morgan fingerprint density at radius 1 is 1.24 bits per heavy atom. The van der Waals surface area contributed by atoms with Gasteiger partial charge in [-0.2, -0.15) is 17.6 Å². The number of nitrogens with one attached hydrogen (secondary N) is 1. The van der Waals surface area contributed by atoms with Gasteiger partial charge in [-0.05, 0) is 19.1 Å². The normalized spacial score (nSPS) is 25.0. The summed E-state index contributed by atoms with van der Waals surface area (Å²) in [5.74, 6) is -7.92. The molecular weight excluding hydrogens is 453 g/mol. The predicted molar refractivity (Wildman–Crippen MR) is 106 cm³/mol. The summed E-state index contributed by atoms with van der Waals surface area (Å²) in [4.78, 5) is 28.1. The summed E-state index contributed by atoms with van der Waals surface area (Å²) < 4.78 is 80.0. The number of pyridine rings is 1. The first-order valence-electron chi connectivity index (χ1n) is 9.64. The van der Waals surface area contributed by atoms with Gasteiger partial charge in [-0.3, -0.25) is 14.6 Å². The maximum atomic E-state index is 14.3. The third-order valence-corrected chi connectivity index (χ3v) is 5.86. The number of alkyl halides is 3. The summed E-state index contributed by atoms with van der Waals surface area (Å²) in [6, 6.07) is 2.97. The van der Waals surface area contributed by atoms with Crippen LogP contribution in [-0.2, 0) is 9.53 Å². The summed E-state index contributed by atoms with van der Waals surface area (Å²) in [6.07, 6.45) is -4.37. The van der Waals surface area contributed by atoms with Crippen molar-refractivity contribution < 1.29 is 41.0 Å². The minimum atomic E-state index is -4.89. The molecule has 33 heavy (non-hydrogen) atoms. The molecule has 1 aliphatic rings. The molecule has 1 aromatic heterocycles. The van der Waals surface area contributed by atoms with Gasteiger partial charge in [0.2, 0.25) is 11.7 Å². The van der Waals surface area contributed by atoms with Crippen molar-refractivity contribution in [3.05, 3.63) is 53.4 Å². The van der Waals surface area contributed by atoms with Crippen LogP contribution in [0.15, 0.2) is 30.6 Å². The molecule has 0 aliphatic carbocycles. The van der Waals surface area contributed by atoms with Crippen molar-refractivity contribution in [1.29, 1.82) is 0 Å². The van der Waals surface area contributed by atoms with E-state index in [1.165, 1.54) is 13.0 Å². The number of hydrogen-bond acceptors (Lipinski definition) is 5. The Hall–Kier alpha value is -3.28. The lowest BCUT2D eigenvalue weighted by Gasteiger charge is -2.32. The minimum absolute atomic E-state index is 0.0239. The number of nitrogens with zero attached hydrogens (tertiary/aromatic N) is 1. The summed E-state index contributed by atoms with van der Waals surface area (Å²) in [5, 5.41) is 2.34. The largest absolute Gasteiger partial charge is 0.493 e. The maximum absolute atomic E-state index is 14.3. The molecule has 7 nitrogen and oxygen atoms in total. The number of carbonyl (C=O) groups excluding carboxylic acids is 2. The molecule has 2 heterocycles. The van der Waals surface area contributed by atoms with Crippen LogP contribution in [0.25, 0.3) is 0 Å². The van der Waals surface area contributed by atoms with E-state index in [0.717, 1.165) is 38.6 Å². The average molecular weight is 473 g/mol. The predicted octanol–water partition coefficient (Wildman–Crippen LogP) is 3.55. The van der Waals surface area contributed by atoms with Crippen LogP contribution in [0.4, 0.5) is 27.6 Å². The van der Waals surface area contributed by atoms with Crippen LogP contribution < -0.4 is 15.8 Å². The molecule has 3 rings (SSSR count). The third-order valence-electron chi connectivity index (χ3n) is 5.86. The number of halogens is 5. The highest BCUT2D eigenvalue weighted by molar-refractivity contribution is 5.97. The van der Waals surface area contributed by atoms with E-state index in [0.29, 0.717) is 0 Å². The van der Waals surface area contributed by atoms with E-state index >= 15 is 0 Å². The van der Waals surface area contributed by atoms with Crippen molar-refractivity contribution in [2.45, 2.75) is 37.6 Å². The van der Waals surface area contributed by atoms with E-state index in [9.17, 15) is 31.5 Å². The van der Waals surface area contributed by atoms with Crippen LogP contribution in [0.5, 0.6) is 5.75 Å². The van der Waals surface area contributed by atoms with Gasteiger partial charge in [-0.1, -0.05) is 13.0 Å². The van der Waals surface area contributed by atoms with Gasteiger partial charge in [-0.15, -0.1) is 0 Å². The molecule has 178 valence electrons. The first-order chi connectivity index (χ1) is 15.3. The number of anilines is 1. The zero-order valence-electron chi connectivity index (χ0n) is 17.7. The SMILES string of the molecule is COc1c([C@H]2[C@@H](C(=O)Nc3cncc(C(N)=O)c3)O[C@](C)(C(F)(F)F)[C@@H]2C)ccc(F)c1F. The lowest BCUT2D eigenvalue weighted by atomic mass is 9.77. The molecule has 2 aromatic rings. The molecule has 0 radical (unpaired) electrons. The summed E-state index contributed by atoms with van der Waals surface area (Å²) in [6.45, 7) is 1.97. The van der Waals surface area contributed by atoms with Gasteiger partial charge in [-0.25, -0.2) is 4.39 Å². The van der Waals surface area contributed by atoms with Gasteiger partial charge >= 0.3 is 6.18 Å². The highest BCUT2D eigenvalue weighted by Gasteiger charge is 2.65. The highest BCUT2D eigenvalue weighted by atomic mass is 19.4. The van der Waals surface area contributed by atoms with Crippen molar-refractivity contribution in [1.82, 2.24) is 4.98 Å². The zero-order chi connectivity index (χ0) is 24.7. The van der Waals surface area contributed by atoms with E-state index < -0.39 is 58.9 Å². The molecule has 1 aliphatic heterocycles. The Morgan fingerprint density at radius 2 is 1.91 bits per heavy atom. The molecule has 3 N–H and O–H groups in total. The molecule has 1 fully saturated rings. The van der Waals surface area contributed by atoms with Gasteiger partial charge in [0.15, 0.2) is 17.2 Å². The van der Waals surface area contributed by atoms with E-state index in [1.54, 1.807) is 0 Å². The third kappa shape index (κ3) is 4.22. The number of amides is 2. The van der Waals surface area contributed by atoms with Gasteiger partial charge in [0, 0.05) is 23.6 Å². The standard InChI is InChI=1S/C21H20F5N3O4/c1-9-14(12-4-5-13(22)15(23)16(12)32-3)17(33-20(9,2)21(24,25)26)19(31)29-11-6-10(18(27)30)7-28-8-11/h4-9,14,17H,1-3H3,(H2,27,30)(H,29,31)/t9-,14+,17+,20+/m1/s1. The van der Waals surface area contributed by atoms with E-state index in [1.807, 2.05) is 0 Å². The molecule has 4 atom stereocenters. The quantitative estimate of drug-likeness (QED) is 0.647. The number of primary amides is 1. The molecule has 1 aromatic carbocycles. The first kappa shape index (κ1) is 24.4.